The van der Waals surface area contributed by atoms with E-state index in [1.165, 1.54) is 0 Å². The maximum Gasteiger partial charge on any atom is 0.261 e. The molecule has 1 N–H and O–H groups in total. The number of carbonyl (C=O) groups is 2. The van der Waals surface area contributed by atoms with Crippen molar-refractivity contribution in [1.29, 1.82) is 0 Å². The molecule has 0 fully saturated rings. The lowest BCUT2D eigenvalue weighted by atomic mass is 10.0. The molecule has 0 spiro atoms. The zero-order valence-electron chi connectivity index (χ0n) is 15.6. The van der Waals surface area contributed by atoms with Crippen LogP contribution in [0.1, 0.15) is 32.4 Å². The van der Waals surface area contributed by atoms with Crippen LogP contribution >= 0.6 is 11.6 Å². The average Bonchev–Trinajstić information content (AvgIpc) is 2.99. The van der Waals surface area contributed by atoms with Gasteiger partial charge < -0.3 is 9.84 Å². The quantitative estimate of drug-likeness (QED) is 0.639. The van der Waals surface area contributed by atoms with Crippen LogP contribution < -0.4 is 4.74 Å². The van der Waals surface area contributed by atoms with Gasteiger partial charge in [0.25, 0.3) is 11.8 Å². The van der Waals surface area contributed by atoms with Crippen molar-refractivity contribution in [1.82, 2.24) is 4.90 Å². The highest BCUT2D eigenvalue weighted by molar-refractivity contribution is 6.32. The number of fused-ring (bicyclic) bond motifs is 1. The Hall–Kier alpha value is -3.15. The molecule has 6 heteroatoms. The molecule has 0 saturated carbocycles. The molecule has 3 aromatic rings. The fraction of sp³-hybridized carbons (Fsp3) is 0.130. The number of β-amino-alcohol motifs (C(OH)–C–C–N with tert-alkyl or cyclic N) is 1. The summed E-state index contributed by atoms with van der Waals surface area (Å²) in [6.07, 6.45) is -0.981. The smallest absolute Gasteiger partial charge is 0.261 e. The normalized spacial score (nSPS) is 14.1. The lowest BCUT2D eigenvalue weighted by Gasteiger charge is -2.19. The van der Waals surface area contributed by atoms with Gasteiger partial charge in [-0.15, -0.1) is 0 Å². The number of benzene rings is 3. The fourth-order valence-electron chi connectivity index (χ4n) is 3.43. The van der Waals surface area contributed by atoms with E-state index < -0.39 is 6.10 Å². The van der Waals surface area contributed by atoms with Gasteiger partial charge in [0.1, 0.15) is 5.75 Å². The summed E-state index contributed by atoms with van der Waals surface area (Å²) < 4.78 is 5.17. The van der Waals surface area contributed by atoms with E-state index in [9.17, 15) is 14.7 Å². The Balaban J connectivity index is 1.50. The first-order chi connectivity index (χ1) is 14.0. The van der Waals surface area contributed by atoms with Gasteiger partial charge in [-0.25, -0.2) is 0 Å². The van der Waals surface area contributed by atoms with E-state index in [0.717, 1.165) is 16.0 Å². The topological polar surface area (TPSA) is 66.8 Å². The molecular weight excluding hydrogens is 390 g/mol. The summed E-state index contributed by atoms with van der Waals surface area (Å²) in [4.78, 5) is 26.0. The summed E-state index contributed by atoms with van der Waals surface area (Å²) in [7, 11) is 1.56. The average molecular weight is 408 g/mol. The molecule has 3 aromatic carbocycles. The first kappa shape index (κ1) is 19.2. The molecule has 4 rings (SSSR count). The molecular formula is C23H18ClNO4. The van der Waals surface area contributed by atoms with Gasteiger partial charge in [0, 0.05) is 0 Å². The maximum atomic E-state index is 12.5. The largest absolute Gasteiger partial charge is 0.495 e. The van der Waals surface area contributed by atoms with Crippen LogP contribution in [-0.2, 0) is 0 Å². The van der Waals surface area contributed by atoms with E-state index in [0.29, 0.717) is 27.5 Å². The molecule has 0 aliphatic carbocycles. The predicted octanol–water partition coefficient (Wildman–Crippen LogP) is 4.35. The molecule has 5 nitrogen and oxygen atoms in total. The number of amides is 2. The number of halogens is 1. The van der Waals surface area contributed by atoms with Gasteiger partial charge in [-0.3, -0.25) is 14.5 Å². The van der Waals surface area contributed by atoms with Gasteiger partial charge >= 0.3 is 0 Å². The Morgan fingerprint density at radius 2 is 1.52 bits per heavy atom. The number of hydrogen-bond acceptors (Lipinski definition) is 4. The van der Waals surface area contributed by atoms with Crippen molar-refractivity contribution >= 4 is 23.4 Å². The van der Waals surface area contributed by atoms with Gasteiger partial charge in [0.05, 0.1) is 35.9 Å². The summed E-state index contributed by atoms with van der Waals surface area (Å²) in [6, 6.07) is 19.4. The minimum absolute atomic E-state index is 0.0972. The Labute approximate surface area is 173 Å². The Kier molecular flexibility index (Phi) is 5.09. The Morgan fingerprint density at radius 1 is 0.931 bits per heavy atom. The molecule has 1 atom stereocenters. The van der Waals surface area contributed by atoms with Crippen molar-refractivity contribution in [2.75, 3.05) is 13.7 Å². The molecule has 29 heavy (non-hydrogen) atoms. The van der Waals surface area contributed by atoms with E-state index in [1.54, 1.807) is 49.6 Å². The third-order valence-electron chi connectivity index (χ3n) is 5.01. The monoisotopic (exact) mass is 407 g/mol. The van der Waals surface area contributed by atoms with Crippen LogP contribution in [0.3, 0.4) is 0 Å². The van der Waals surface area contributed by atoms with Crippen LogP contribution in [0.15, 0.2) is 66.7 Å². The zero-order chi connectivity index (χ0) is 20.5. The van der Waals surface area contributed by atoms with E-state index in [2.05, 4.69) is 0 Å². The first-order valence-electron chi connectivity index (χ1n) is 9.06. The Bertz CT molecular complexity index is 1060. The maximum absolute atomic E-state index is 12.5. The minimum Gasteiger partial charge on any atom is -0.495 e. The van der Waals surface area contributed by atoms with Crippen molar-refractivity contribution < 1.29 is 19.4 Å². The fourth-order valence-corrected chi connectivity index (χ4v) is 3.68. The molecule has 2 amide bonds. The van der Waals surface area contributed by atoms with Gasteiger partial charge in [0.2, 0.25) is 0 Å². The van der Waals surface area contributed by atoms with Crippen molar-refractivity contribution in [2.45, 2.75) is 6.10 Å². The summed E-state index contributed by atoms with van der Waals surface area (Å²) >= 11 is 6.19. The molecule has 146 valence electrons. The van der Waals surface area contributed by atoms with Crippen molar-refractivity contribution in [3.05, 3.63) is 88.4 Å². The number of methoxy groups -OCH3 is 1. The predicted molar refractivity (Wildman–Crippen MR) is 110 cm³/mol. The number of imide groups is 1. The van der Waals surface area contributed by atoms with Gasteiger partial charge in [-0.2, -0.15) is 0 Å². The highest BCUT2D eigenvalue weighted by atomic mass is 35.5. The number of aliphatic hydroxyl groups is 1. The second kappa shape index (κ2) is 7.70. The molecule has 1 aliphatic heterocycles. The van der Waals surface area contributed by atoms with Gasteiger partial charge in [0.15, 0.2) is 0 Å². The van der Waals surface area contributed by atoms with Crippen molar-refractivity contribution in [3.8, 4) is 16.9 Å². The standard InChI is InChI=1S/C23H18ClNO4/c1-29-21-11-10-16(12-19(21)24)14-6-8-15(9-7-14)20(26)13-25-22(27)17-4-2-3-5-18(17)23(25)28/h2-12,20,26H,13H2,1H3. The second-order valence-electron chi connectivity index (χ2n) is 6.75. The van der Waals surface area contributed by atoms with Gasteiger partial charge in [-0.1, -0.05) is 54.1 Å². The Morgan fingerprint density at radius 3 is 2.07 bits per heavy atom. The minimum atomic E-state index is -0.981. The van der Waals surface area contributed by atoms with Crippen molar-refractivity contribution in [3.63, 3.8) is 0 Å². The van der Waals surface area contributed by atoms with E-state index >= 15 is 0 Å². The number of hydrogen-bond donors (Lipinski definition) is 1. The summed E-state index contributed by atoms with van der Waals surface area (Å²) in [5.41, 5.74) is 3.20. The van der Waals surface area contributed by atoms with Gasteiger partial charge in [-0.05, 0) is 41.0 Å². The van der Waals surface area contributed by atoms with Crippen LogP contribution in [0, 0.1) is 0 Å². The van der Waals surface area contributed by atoms with E-state index in [1.807, 2.05) is 24.3 Å². The molecule has 0 radical (unpaired) electrons. The SMILES string of the molecule is COc1ccc(-c2ccc(C(O)CN3C(=O)c4ccccc4C3=O)cc2)cc1Cl. The number of nitrogens with zero attached hydrogens (tertiary/aromatic N) is 1. The lowest BCUT2D eigenvalue weighted by Crippen LogP contribution is -2.33. The van der Waals surface area contributed by atoms with Crippen LogP contribution in [0.5, 0.6) is 5.75 Å². The highest BCUT2D eigenvalue weighted by Crippen LogP contribution is 2.31. The zero-order valence-corrected chi connectivity index (χ0v) is 16.4. The number of ether oxygens (including phenoxy) is 1. The number of rotatable bonds is 5. The van der Waals surface area contributed by atoms with Crippen LogP contribution in [0.25, 0.3) is 11.1 Å². The van der Waals surface area contributed by atoms with E-state index in [-0.39, 0.29) is 18.4 Å². The summed E-state index contributed by atoms with van der Waals surface area (Å²) in [6.45, 7) is -0.0972. The van der Waals surface area contributed by atoms with Crippen LogP contribution in [0.2, 0.25) is 5.02 Å². The van der Waals surface area contributed by atoms with E-state index in [4.69, 9.17) is 16.3 Å². The molecule has 1 heterocycles. The molecule has 0 saturated heterocycles. The third kappa shape index (κ3) is 3.50. The van der Waals surface area contributed by atoms with Crippen LogP contribution in [-0.4, -0.2) is 35.5 Å². The molecule has 0 bridgehead atoms. The molecule has 1 unspecified atom stereocenters. The number of aliphatic hydroxyl groups excluding tert-OH is 1. The lowest BCUT2D eigenvalue weighted by molar-refractivity contribution is 0.0543. The van der Waals surface area contributed by atoms with Crippen molar-refractivity contribution in [2.24, 2.45) is 0 Å². The highest BCUT2D eigenvalue weighted by Gasteiger charge is 2.36. The summed E-state index contributed by atoms with van der Waals surface area (Å²) in [5, 5.41) is 11.1. The second-order valence-corrected chi connectivity index (χ2v) is 7.16. The van der Waals surface area contributed by atoms with Crippen LogP contribution in [0.4, 0.5) is 0 Å². The molecule has 1 aliphatic rings. The summed E-state index contributed by atoms with van der Waals surface area (Å²) in [5.74, 6) is -0.160. The molecule has 0 aromatic heterocycles. The number of carbonyl (C=O) groups excluding carboxylic acids is 2. The first-order valence-corrected chi connectivity index (χ1v) is 9.44. The third-order valence-corrected chi connectivity index (χ3v) is 5.31.